The van der Waals surface area contributed by atoms with Gasteiger partial charge in [-0.25, -0.2) is 0 Å². The van der Waals surface area contributed by atoms with Crippen LogP contribution in [-0.4, -0.2) is 18.9 Å². The Morgan fingerprint density at radius 1 is 1.21 bits per heavy atom. The highest BCUT2D eigenvalue weighted by atomic mass is 16.5. The molecule has 0 N–H and O–H groups in total. The number of carbonyl (C=O) groups excluding carboxylic acids is 2. The number of hydrogen-bond acceptors (Lipinski definition) is 3. The summed E-state index contributed by atoms with van der Waals surface area (Å²) in [6.07, 6.45) is 0.763. The van der Waals surface area contributed by atoms with E-state index < -0.39 is 11.9 Å². The van der Waals surface area contributed by atoms with E-state index in [1.54, 1.807) is 0 Å². The summed E-state index contributed by atoms with van der Waals surface area (Å²) in [5.74, 6) is -1.08. The Balaban J connectivity index is 4.66. The Morgan fingerprint density at radius 2 is 1.71 bits per heavy atom. The maximum absolute atomic E-state index is 11.8. The zero-order chi connectivity index (χ0) is 11.3. The van der Waals surface area contributed by atoms with Gasteiger partial charge in [-0.2, -0.15) is 0 Å². The van der Waals surface area contributed by atoms with Crippen LogP contribution in [0, 0.1) is 17.8 Å². The van der Waals surface area contributed by atoms with E-state index in [2.05, 4.69) is 4.74 Å². The van der Waals surface area contributed by atoms with Crippen molar-refractivity contribution in [2.45, 2.75) is 34.1 Å². The molecule has 0 aromatic heterocycles. The summed E-state index contributed by atoms with van der Waals surface area (Å²) in [6.45, 7) is 7.52. The predicted octanol–water partition coefficient (Wildman–Crippen LogP) is 2.05. The number of esters is 1. The molecule has 0 saturated carbocycles. The summed E-state index contributed by atoms with van der Waals surface area (Å²) in [5, 5.41) is 0. The van der Waals surface area contributed by atoms with E-state index in [1.165, 1.54) is 7.11 Å². The number of methoxy groups -OCH3 is 1. The van der Waals surface area contributed by atoms with Crippen molar-refractivity contribution in [3.63, 3.8) is 0 Å². The molecule has 0 aromatic rings. The van der Waals surface area contributed by atoms with Crippen LogP contribution in [-0.2, 0) is 14.3 Å². The lowest BCUT2D eigenvalue weighted by Crippen LogP contribution is -2.33. The van der Waals surface area contributed by atoms with E-state index in [-0.39, 0.29) is 17.6 Å². The van der Waals surface area contributed by atoms with Crippen LogP contribution >= 0.6 is 0 Å². The molecule has 0 aliphatic heterocycles. The number of hydrogen-bond donors (Lipinski definition) is 0. The van der Waals surface area contributed by atoms with Gasteiger partial charge in [0.1, 0.15) is 11.7 Å². The van der Waals surface area contributed by atoms with Crippen LogP contribution in [0.2, 0.25) is 0 Å². The van der Waals surface area contributed by atoms with Crippen LogP contribution in [0.3, 0.4) is 0 Å². The quantitative estimate of drug-likeness (QED) is 0.504. The number of ketones is 1. The molecule has 0 radical (unpaired) electrons. The second kappa shape index (κ2) is 5.78. The third-order valence-corrected chi connectivity index (χ3v) is 2.53. The summed E-state index contributed by atoms with van der Waals surface area (Å²) >= 11 is 0. The summed E-state index contributed by atoms with van der Waals surface area (Å²) in [7, 11) is 1.32. The average Bonchev–Trinajstić information content (AvgIpc) is 2.15. The van der Waals surface area contributed by atoms with Crippen LogP contribution in [0.15, 0.2) is 0 Å². The van der Waals surface area contributed by atoms with Crippen LogP contribution in [0.4, 0.5) is 0 Å². The lowest BCUT2D eigenvalue weighted by atomic mass is 9.85. The molecule has 0 aliphatic rings. The van der Waals surface area contributed by atoms with Crippen LogP contribution in [0.1, 0.15) is 34.1 Å². The van der Waals surface area contributed by atoms with Gasteiger partial charge in [-0.05, 0) is 12.3 Å². The molecule has 0 aliphatic carbocycles. The molecule has 14 heavy (non-hydrogen) atoms. The number of ether oxygens (including phenoxy) is 1. The Morgan fingerprint density at radius 3 is 2.00 bits per heavy atom. The minimum Gasteiger partial charge on any atom is -0.468 e. The topological polar surface area (TPSA) is 43.4 Å². The SMILES string of the molecule is CCC(C)C(=O)C(C(=O)OC)C(C)C. The van der Waals surface area contributed by atoms with Crippen molar-refractivity contribution in [3.05, 3.63) is 0 Å². The fraction of sp³-hybridized carbons (Fsp3) is 0.818. The predicted molar refractivity (Wildman–Crippen MR) is 54.8 cm³/mol. The normalized spacial score (nSPS) is 15.0. The molecule has 2 unspecified atom stereocenters. The van der Waals surface area contributed by atoms with Crippen LogP contribution < -0.4 is 0 Å². The minimum absolute atomic E-state index is 0.00366. The minimum atomic E-state index is -0.602. The lowest BCUT2D eigenvalue weighted by Gasteiger charge is -2.19. The number of rotatable bonds is 5. The molecule has 0 aromatic carbocycles. The van der Waals surface area contributed by atoms with Crippen molar-refractivity contribution in [3.8, 4) is 0 Å². The van der Waals surface area contributed by atoms with Gasteiger partial charge in [0.25, 0.3) is 0 Å². The third-order valence-electron chi connectivity index (χ3n) is 2.53. The van der Waals surface area contributed by atoms with Gasteiger partial charge in [-0.3, -0.25) is 9.59 Å². The molecule has 0 amide bonds. The number of Topliss-reactive ketones (excluding diaryl/α,β-unsaturated/α-hetero) is 1. The van der Waals surface area contributed by atoms with Crippen molar-refractivity contribution in [2.75, 3.05) is 7.11 Å². The zero-order valence-corrected chi connectivity index (χ0v) is 9.66. The Hall–Kier alpha value is -0.860. The highest BCUT2D eigenvalue weighted by Crippen LogP contribution is 2.19. The van der Waals surface area contributed by atoms with Crippen molar-refractivity contribution >= 4 is 11.8 Å². The second-order valence-corrected chi connectivity index (χ2v) is 3.96. The maximum atomic E-state index is 11.8. The first kappa shape index (κ1) is 13.1. The van der Waals surface area contributed by atoms with Gasteiger partial charge in [-0.15, -0.1) is 0 Å². The van der Waals surface area contributed by atoms with E-state index in [1.807, 2.05) is 27.7 Å². The smallest absolute Gasteiger partial charge is 0.316 e. The van der Waals surface area contributed by atoms with E-state index >= 15 is 0 Å². The molecule has 3 heteroatoms. The fourth-order valence-corrected chi connectivity index (χ4v) is 1.35. The molecule has 0 bridgehead atoms. The summed E-state index contributed by atoms with van der Waals surface area (Å²) in [6, 6.07) is 0. The fourth-order valence-electron chi connectivity index (χ4n) is 1.35. The Labute approximate surface area is 85.8 Å². The van der Waals surface area contributed by atoms with Crippen molar-refractivity contribution in [1.82, 2.24) is 0 Å². The first-order valence-corrected chi connectivity index (χ1v) is 5.07. The third kappa shape index (κ3) is 3.13. The van der Waals surface area contributed by atoms with Gasteiger partial charge in [0.05, 0.1) is 7.11 Å². The summed E-state index contributed by atoms with van der Waals surface area (Å²) in [4.78, 5) is 23.2. The van der Waals surface area contributed by atoms with E-state index in [9.17, 15) is 9.59 Å². The lowest BCUT2D eigenvalue weighted by molar-refractivity contribution is -0.152. The molecular weight excluding hydrogens is 180 g/mol. The van der Waals surface area contributed by atoms with Crippen molar-refractivity contribution in [1.29, 1.82) is 0 Å². The first-order valence-electron chi connectivity index (χ1n) is 5.07. The molecule has 3 nitrogen and oxygen atoms in total. The Bertz CT molecular complexity index is 209. The molecular formula is C11H20O3. The van der Waals surface area contributed by atoms with Gasteiger partial charge in [0, 0.05) is 5.92 Å². The number of carbonyl (C=O) groups is 2. The molecule has 2 atom stereocenters. The van der Waals surface area contributed by atoms with Crippen LogP contribution in [0.5, 0.6) is 0 Å². The zero-order valence-electron chi connectivity index (χ0n) is 9.66. The van der Waals surface area contributed by atoms with Crippen molar-refractivity contribution in [2.24, 2.45) is 17.8 Å². The summed E-state index contributed by atoms with van der Waals surface area (Å²) in [5.41, 5.74) is 0. The molecule has 0 fully saturated rings. The van der Waals surface area contributed by atoms with Gasteiger partial charge < -0.3 is 4.74 Å². The highest BCUT2D eigenvalue weighted by Gasteiger charge is 2.32. The van der Waals surface area contributed by atoms with Gasteiger partial charge >= 0.3 is 5.97 Å². The molecule has 0 spiro atoms. The second-order valence-electron chi connectivity index (χ2n) is 3.96. The largest absolute Gasteiger partial charge is 0.468 e. The van der Waals surface area contributed by atoms with Gasteiger partial charge in [0.15, 0.2) is 0 Å². The summed E-state index contributed by atoms with van der Waals surface area (Å²) < 4.78 is 4.63. The van der Waals surface area contributed by atoms with E-state index in [0.29, 0.717) is 0 Å². The van der Waals surface area contributed by atoms with Crippen LogP contribution in [0.25, 0.3) is 0 Å². The first-order chi connectivity index (χ1) is 6.45. The molecule has 82 valence electrons. The van der Waals surface area contributed by atoms with Crippen molar-refractivity contribution < 1.29 is 14.3 Å². The monoisotopic (exact) mass is 200 g/mol. The van der Waals surface area contributed by atoms with E-state index in [4.69, 9.17) is 0 Å². The highest BCUT2D eigenvalue weighted by molar-refractivity contribution is 6.00. The molecule has 0 rings (SSSR count). The van der Waals surface area contributed by atoms with E-state index in [0.717, 1.165) is 6.42 Å². The molecule has 0 heterocycles. The maximum Gasteiger partial charge on any atom is 0.316 e. The Kier molecular flexibility index (Phi) is 5.43. The standard InChI is InChI=1S/C11H20O3/c1-6-8(4)10(12)9(7(2)3)11(13)14-5/h7-9H,6H2,1-5H3. The average molecular weight is 200 g/mol. The molecule has 0 saturated heterocycles. The van der Waals surface area contributed by atoms with Gasteiger partial charge in [-0.1, -0.05) is 27.7 Å². The van der Waals surface area contributed by atoms with Gasteiger partial charge in [0.2, 0.25) is 0 Å².